The van der Waals surface area contributed by atoms with Crippen LogP contribution in [0.2, 0.25) is 0 Å². The van der Waals surface area contributed by atoms with Gasteiger partial charge in [-0.25, -0.2) is 21.9 Å². The number of hydrogen-bond donors (Lipinski definition) is 1. The van der Waals surface area contributed by atoms with Crippen LogP contribution < -0.4 is 4.72 Å². The third-order valence-corrected chi connectivity index (χ3v) is 11.0. The maximum atomic E-state index is 16.9. The van der Waals surface area contributed by atoms with Crippen LogP contribution in [0.1, 0.15) is 75.7 Å². The predicted molar refractivity (Wildman–Crippen MR) is 170 cm³/mol. The van der Waals surface area contributed by atoms with Gasteiger partial charge >= 0.3 is 0 Å². The van der Waals surface area contributed by atoms with E-state index in [4.69, 9.17) is 0 Å². The third-order valence-electron chi connectivity index (χ3n) is 9.50. The molecule has 8 nitrogen and oxygen atoms in total. The Labute approximate surface area is 259 Å². The first-order valence-electron chi connectivity index (χ1n) is 15.8. The normalized spacial score (nSPS) is 23.1. The largest absolute Gasteiger partial charge is 0.336 e. The SMILES string of the molecule is CCN(C(=O)c1cc(F)ccc1-c1cc(C2(F)CCN(CC3CCC(NS(=O)(=O)CC)CC3)C2)cc2c1cnn2C)C(C)C. The molecule has 2 aliphatic rings. The van der Waals surface area contributed by atoms with Gasteiger partial charge in [-0.2, -0.15) is 5.10 Å². The summed E-state index contributed by atoms with van der Waals surface area (Å²) in [6, 6.07) is 7.84. The Balaban J connectivity index is 1.41. The summed E-state index contributed by atoms with van der Waals surface area (Å²) in [5.41, 5.74) is 1.16. The molecule has 1 aliphatic heterocycles. The van der Waals surface area contributed by atoms with Crippen LogP contribution in [0.5, 0.6) is 0 Å². The number of amides is 1. The number of carbonyl (C=O) groups excluding carboxylic acids is 1. The number of alkyl halides is 1. The fourth-order valence-corrected chi connectivity index (χ4v) is 7.87. The molecule has 1 N–H and O–H groups in total. The zero-order chi connectivity index (χ0) is 31.8. The van der Waals surface area contributed by atoms with Gasteiger partial charge in [-0.1, -0.05) is 6.07 Å². The molecule has 1 unspecified atom stereocenters. The minimum Gasteiger partial charge on any atom is -0.336 e. The summed E-state index contributed by atoms with van der Waals surface area (Å²) in [5, 5.41) is 5.22. The highest BCUT2D eigenvalue weighted by molar-refractivity contribution is 7.89. The smallest absolute Gasteiger partial charge is 0.254 e. The lowest BCUT2D eigenvalue weighted by Gasteiger charge is -2.32. The molecule has 11 heteroatoms. The lowest BCUT2D eigenvalue weighted by Crippen LogP contribution is -2.40. The number of aromatic nitrogens is 2. The number of aryl methyl sites for hydroxylation is 1. The van der Waals surface area contributed by atoms with E-state index in [0.717, 1.165) is 43.1 Å². The summed E-state index contributed by atoms with van der Waals surface area (Å²) in [7, 11) is -1.41. The first-order chi connectivity index (χ1) is 20.8. The van der Waals surface area contributed by atoms with Gasteiger partial charge in [0.2, 0.25) is 10.0 Å². The molecular formula is C33H45F2N5O3S. The molecule has 44 heavy (non-hydrogen) atoms. The average molecular weight is 630 g/mol. The third kappa shape index (κ3) is 6.70. The van der Waals surface area contributed by atoms with E-state index in [9.17, 15) is 17.6 Å². The molecule has 5 rings (SSSR count). The van der Waals surface area contributed by atoms with Crippen LogP contribution in [0.25, 0.3) is 22.0 Å². The Kier molecular flexibility index (Phi) is 9.49. The van der Waals surface area contributed by atoms with Gasteiger partial charge in [0, 0.05) is 50.7 Å². The van der Waals surface area contributed by atoms with Gasteiger partial charge in [0.25, 0.3) is 5.91 Å². The molecule has 1 saturated heterocycles. The number of sulfonamides is 1. The first kappa shape index (κ1) is 32.5. The van der Waals surface area contributed by atoms with Crippen molar-refractivity contribution in [2.75, 3.05) is 31.9 Å². The van der Waals surface area contributed by atoms with Crippen LogP contribution in [-0.4, -0.2) is 77.9 Å². The van der Waals surface area contributed by atoms with E-state index >= 15 is 4.39 Å². The van der Waals surface area contributed by atoms with Gasteiger partial charge in [-0.3, -0.25) is 14.4 Å². The van der Waals surface area contributed by atoms with Crippen molar-refractivity contribution in [1.29, 1.82) is 0 Å². The Morgan fingerprint density at radius 2 is 1.86 bits per heavy atom. The number of benzene rings is 2. The van der Waals surface area contributed by atoms with Crippen LogP contribution in [0.4, 0.5) is 8.78 Å². The van der Waals surface area contributed by atoms with Gasteiger partial charge in [-0.05, 0) is 107 Å². The van der Waals surface area contributed by atoms with Crippen molar-refractivity contribution < 1.29 is 22.0 Å². The Hall–Kier alpha value is -2.89. The summed E-state index contributed by atoms with van der Waals surface area (Å²) in [4.78, 5) is 17.5. The molecule has 2 aromatic carbocycles. The summed E-state index contributed by atoms with van der Waals surface area (Å²) >= 11 is 0. The maximum Gasteiger partial charge on any atom is 0.254 e. The predicted octanol–water partition coefficient (Wildman–Crippen LogP) is 5.62. The second-order valence-corrected chi connectivity index (χ2v) is 14.8. The van der Waals surface area contributed by atoms with E-state index in [1.807, 2.05) is 40.0 Å². The number of nitrogens with one attached hydrogen (secondary N) is 1. The fraction of sp³-hybridized carbons (Fsp3) is 0.576. The average Bonchev–Trinajstić information content (AvgIpc) is 3.56. The highest BCUT2D eigenvalue weighted by Crippen LogP contribution is 2.42. The quantitative estimate of drug-likeness (QED) is 0.315. The molecule has 1 amide bonds. The van der Waals surface area contributed by atoms with Crippen molar-refractivity contribution in [3.8, 4) is 11.1 Å². The van der Waals surface area contributed by atoms with Gasteiger partial charge in [0.15, 0.2) is 0 Å². The van der Waals surface area contributed by atoms with E-state index in [-0.39, 0.29) is 35.9 Å². The maximum absolute atomic E-state index is 16.9. The molecule has 2 heterocycles. The standard InChI is InChI=1S/C33H45F2N5O3S/c1-6-40(22(3)4)32(41)29-18-25(34)10-13-27(29)28-16-24(17-31-30(28)19-36-38(31)5)33(35)14-15-39(21-33)20-23-8-11-26(12-9-23)37-44(42,43)7-2/h10,13,16-19,22-23,26,37H,6-9,11-12,14-15,20-21H2,1-5H3. The molecule has 240 valence electrons. The fourth-order valence-electron chi connectivity index (χ4n) is 6.96. The van der Waals surface area contributed by atoms with Crippen molar-refractivity contribution >= 4 is 26.8 Å². The highest BCUT2D eigenvalue weighted by atomic mass is 32.2. The zero-order valence-electron chi connectivity index (χ0n) is 26.4. The van der Waals surface area contributed by atoms with E-state index in [0.29, 0.717) is 42.1 Å². The number of fused-ring (bicyclic) bond motifs is 1. The second-order valence-electron chi connectivity index (χ2n) is 12.8. The lowest BCUT2D eigenvalue weighted by atomic mass is 9.86. The van der Waals surface area contributed by atoms with E-state index in [1.54, 1.807) is 28.8 Å². The van der Waals surface area contributed by atoms with Crippen molar-refractivity contribution in [2.24, 2.45) is 13.0 Å². The molecule has 0 bridgehead atoms. The minimum atomic E-state index is -3.22. The topological polar surface area (TPSA) is 87.5 Å². The molecule has 1 saturated carbocycles. The molecule has 0 radical (unpaired) electrons. The van der Waals surface area contributed by atoms with Gasteiger partial charge < -0.3 is 4.90 Å². The summed E-state index contributed by atoms with van der Waals surface area (Å²) < 4.78 is 59.9. The number of nitrogens with zero attached hydrogens (tertiary/aromatic N) is 4. The molecule has 1 atom stereocenters. The zero-order valence-corrected chi connectivity index (χ0v) is 27.3. The Morgan fingerprint density at radius 3 is 2.52 bits per heavy atom. The summed E-state index contributed by atoms with van der Waals surface area (Å²) in [6.07, 6.45) is 5.46. The highest BCUT2D eigenvalue weighted by Gasteiger charge is 2.41. The molecule has 2 fully saturated rings. The number of carbonyl (C=O) groups is 1. The van der Waals surface area contributed by atoms with Gasteiger partial charge in [0.1, 0.15) is 11.5 Å². The van der Waals surface area contributed by atoms with Crippen LogP contribution in [0, 0.1) is 11.7 Å². The first-order valence-corrected chi connectivity index (χ1v) is 17.5. The number of rotatable bonds is 10. The van der Waals surface area contributed by atoms with E-state index < -0.39 is 21.5 Å². The van der Waals surface area contributed by atoms with Gasteiger partial charge in [-0.15, -0.1) is 0 Å². The van der Waals surface area contributed by atoms with Crippen LogP contribution >= 0.6 is 0 Å². The van der Waals surface area contributed by atoms with Crippen molar-refractivity contribution in [3.05, 3.63) is 53.5 Å². The van der Waals surface area contributed by atoms with Crippen molar-refractivity contribution in [1.82, 2.24) is 24.3 Å². The summed E-state index contributed by atoms with van der Waals surface area (Å²) in [6.45, 7) is 9.53. The molecule has 1 aromatic heterocycles. The van der Waals surface area contributed by atoms with E-state index in [2.05, 4.69) is 14.7 Å². The second kappa shape index (κ2) is 12.8. The van der Waals surface area contributed by atoms with Crippen molar-refractivity contribution in [3.63, 3.8) is 0 Å². The number of hydrogen-bond acceptors (Lipinski definition) is 5. The minimum absolute atomic E-state index is 0.0211. The summed E-state index contributed by atoms with van der Waals surface area (Å²) in [5.74, 6) is -0.288. The lowest BCUT2D eigenvalue weighted by molar-refractivity contribution is 0.0717. The molecule has 3 aromatic rings. The van der Waals surface area contributed by atoms with Crippen LogP contribution in [0.15, 0.2) is 36.5 Å². The van der Waals surface area contributed by atoms with Crippen molar-refractivity contribution in [2.45, 2.75) is 77.6 Å². The van der Waals surface area contributed by atoms with Gasteiger partial charge in [0.05, 0.1) is 23.0 Å². The monoisotopic (exact) mass is 629 g/mol. The molecule has 1 aliphatic carbocycles. The Bertz CT molecular complexity index is 1620. The Morgan fingerprint density at radius 1 is 1.14 bits per heavy atom. The molecule has 0 spiro atoms. The van der Waals surface area contributed by atoms with Crippen LogP contribution in [0.3, 0.4) is 0 Å². The van der Waals surface area contributed by atoms with Crippen LogP contribution in [-0.2, 0) is 22.7 Å². The number of likely N-dealkylation sites (tertiary alicyclic amines) is 1. The number of halogens is 2. The molecular weight excluding hydrogens is 584 g/mol. The van der Waals surface area contributed by atoms with E-state index in [1.165, 1.54) is 12.1 Å².